The van der Waals surface area contributed by atoms with Crippen LogP contribution < -0.4 is 5.32 Å². The van der Waals surface area contributed by atoms with Crippen molar-refractivity contribution in [3.05, 3.63) is 52.0 Å². The number of benzene rings is 1. The first-order valence-corrected chi connectivity index (χ1v) is 5.88. The lowest BCUT2D eigenvalue weighted by Gasteiger charge is -2.07. The molecule has 0 aliphatic heterocycles. The summed E-state index contributed by atoms with van der Waals surface area (Å²) in [6, 6.07) is 6.38. The van der Waals surface area contributed by atoms with E-state index in [9.17, 15) is 4.79 Å². The number of carbonyl (C=O) groups is 1. The first kappa shape index (κ1) is 12.8. The van der Waals surface area contributed by atoms with Crippen molar-refractivity contribution < 1.29 is 4.79 Å². The first-order chi connectivity index (χ1) is 8.56. The number of hydrogen-bond donors (Lipinski definition) is 1. The molecule has 0 aliphatic rings. The molecule has 1 N–H and O–H groups in total. The molecule has 0 saturated heterocycles. The fourth-order valence-electron chi connectivity index (χ4n) is 1.36. The Bertz CT molecular complexity index is 602. The molecule has 2 rings (SSSR count). The number of amides is 1. The quantitative estimate of drug-likeness (QED) is 0.919. The van der Waals surface area contributed by atoms with Crippen molar-refractivity contribution in [3.63, 3.8) is 0 Å². The molecule has 0 unspecified atom stereocenters. The van der Waals surface area contributed by atoms with Crippen LogP contribution in [0.4, 0.5) is 5.69 Å². The van der Waals surface area contributed by atoms with E-state index in [1.54, 1.807) is 25.1 Å². The standard InChI is InChI=1S/C12H9Cl2N3O/c1-7-15-5-4-11(16-7)12(18)17-10-3-2-8(13)6-9(10)14/h2-6H,1H3,(H,17,18). The van der Waals surface area contributed by atoms with Crippen molar-refractivity contribution in [1.82, 2.24) is 9.97 Å². The van der Waals surface area contributed by atoms with E-state index in [4.69, 9.17) is 23.2 Å². The molecule has 1 aromatic carbocycles. The molecule has 92 valence electrons. The van der Waals surface area contributed by atoms with Crippen LogP contribution in [0.2, 0.25) is 10.0 Å². The van der Waals surface area contributed by atoms with Gasteiger partial charge in [0, 0.05) is 11.2 Å². The highest BCUT2D eigenvalue weighted by Crippen LogP contribution is 2.25. The summed E-state index contributed by atoms with van der Waals surface area (Å²) < 4.78 is 0. The molecule has 18 heavy (non-hydrogen) atoms. The van der Waals surface area contributed by atoms with Crippen LogP contribution in [0.25, 0.3) is 0 Å². The lowest BCUT2D eigenvalue weighted by Crippen LogP contribution is -2.14. The first-order valence-electron chi connectivity index (χ1n) is 5.12. The maximum Gasteiger partial charge on any atom is 0.274 e. The smallest absolute Gasteiger partial charge is 0.274 e. The zero-order chi connectivity index (χ0) is 13.1. The zero-order valence-electron chi connectivity index (χ0n) is 9.45. The third kappa shape index (κ3) is 2.97. The highest BCUT2D eigenvalue weighted by atomic mass is 35.5. The molecule has 6 heteroatoms. The van der Waals surface area contributed by atoms with Crippen LogP contribution in [0.1, 0.15) is 16.3 Å². The normalized spacial score (nSPS) is 10.2. The summed E-state index contributed by atoms with van der Waals surface area (Å²) >= 11 is 11.7. The van der Waals surface area contributed by atoms with Gasteiger partial charge in [-0.25, -0.2) is 9.97 Å². The third-order valence-corrected chi connectivity index (χ3v) is 2.74. The number of rotatable bonds is 2. The van der Waals surface area contributed by atoms with Gasteiger partial charge in [0.15, 0.2) is 0 Å². The Labute approximate surface area is 114 Å². The molecule has 0 atom stereocenters. The Morgan fingerprint density at radius 3 is 2.72 bits per heavy atom. The van der Waals surface area contributed by atoms with E-state index < -0.39 is 0 Å². The van der Waals surface area contributed by atoms with Gasteiger partial charge in [-0.1, -0.05) is 23.2 Å². The van der Waals surface area contributed by atoms with Gasteiger partial charge in [-0.05, 0) is 31.2 Å². The summed E-state index contributed by atoms with van der Waals surface area (Å²) in [6.07, 6.45) is 1.53. The van der Waals surface area contributed by atoms with Crippen molar-refractivity contribution in [2.45, 2.75) is 6.92 Å². The fourth-order valence-corrected chi connectivity index (χ4v) is 1.82. The lowest BCUT2D eigenvalue weighted by atomic mass is 10.3. The lowest BCUT2D eigenvalue weighted by molar-refractivity contribution is 0.102. The molecule has 0 bridgehead atoms. The highest BCUT2D eigenvalue weighted by Gasteiger charge is 2.10. The van der Waals surface area contributed by atoms with E-state index >= 15 is 0 Å². The summed E-state index contributed by atoms with van der Waals surface area (Å²) in [5, 5.41) is 3.55. The molecule has 2 aromatic rings. The largest absolute Gasteiger partial charge is 0.319 e. The molecule has 1 aromatic heterocycles. The molecule has 0 spiro atoms. The van der Waals surface area contributed by atoms with Crippen molar-refractivity contribution in [3.8, 4) is 0 Å². The number of aromatic nitrogens is 2. The molecule has 4 nitrogen and oxygen atoms in total. The van der Waals surface area contributed by atoms with E-state index in [-0.39, 0.29) is 11.6 Å². The van der Waals surface area contributed by atoms with Gasteiger partial charge < -0.3 is 5.32 Å². The molecule has 0 aliphatic carbocycles. The van der Waals surface area contributed by atoms with Gasteiger partial charge in [-0.2, -0.15) is 0 Å². The Hall–Kier alpha value is -1.65. The molecule has 0 radical (unpaired) electrons. The summed E-state index contributed by atoms with van der Waals surface area (Å²) in [7, 11) is 0. The number of nitrogens with one attached hydrogen (secondary N) is 1. The number of carbonyl (C=O) groups excluding carboxylic acids is 1. The second-order valence-corrected chi connectivity index (χ2v) is 4.41. The Balaban J connectivity index is 2.21. The van der Waals surface area contributed by atoms with Crippen LogP contribution >= 0.6 is 23.2 Å². The Kier molecular flexibility index (Phi) is 3.79. The van der Waals surface area contributed by atoms with Gasteiger partial charge in [0.2, 0.25) is 0 Å². The van der Waals surface area contributed by atoms with Crippen LogP contribution in [-0.4, -0.2) is 15.9 Å². The Morgan fingerprint density at radius 1 is 1.28 bits per heavy atom. The number of aryl methyl sites for hydroxylation is 1. The maximum atomic E-state index is 11.9. The van der Waals surface area contributed by atoms with Gasteiger partial charge in [0.05, 0.1) is 10.7 Å². The van der Waals surface area contributed by atoms with Crippen molar-refractivity contribution in [1.29, 1.82) is 0 Å². The van der Waals surface area contributed by atoms with Gasteiger partial charge in [0.25, 0.3) is 5.91 Å². The fraction of sp³-hybridized carbons (Fsp3) is 0.0833. The second-order valence-electron chi connectivity index (χ2n) is 3.57. The van der Waals surface area contributed by atoms with Gasteiger partial charge in [0.1, 0.15) is 11.5 Å². The van der Waals surface area contributed by atoms with Gasteiger partial charge >= 0.3 is 0 Å². The molecule has 0 saturated carbocycles. The van der Waals surface area contributed by atoms with E-state index in [2.05, 4.69) is 15.3 Å². The zero-order valence-corrected chi connectivity index (χ0v) is 11.0. The summed E-state index contributed by atoms with van der Waals surface area (Å²) in [6.45, 7) is 1.71. The molecule has 1 heterocycles. The molecule has 1 amide bonds. The van der Waals surface area contributed by atoms with Crippen LogP contribution in [0, 0.1) is 6.92 Å². The predicted octanol–water partition coefficient (Wildman–Crippen LogP) is 3.34. The van der Waals surface area contributed by atoms with Crippen LogP contribution in [-0.2, 0) is 0 Å². The minimum Gasteiger partial charge on any atom is -0.319 e. The third-order valence-electron chi connectivity index (χ3n) is 2.19. The van der Waals surface area contributed by atoms with Crippen LogP contribution in [0.5, 0.6) is 0 Å². The molecule has 0 fully saturated rings. The minimum absolute atomic E-state index is 0.286. The van der Waals surface area contributed by atoms with Crippen molar-refractivity contribution >= 4 is 34.8 Å². The highest BCUT2D eigenvalue weighted by molar-refractivity contribution is 6.36. The predicted molar refractivity (Wildman–Crippen MR) is 71.2 cm³/mol. The van der Waals surface area contributed by atoms with E-state index in [0.29, 0.717) is 21.6 Å². The van der Waals surface area contributed by atoms with Crippen molar-refractivity contribution in [2.75, 3.05) is 5.32 Å². The number of halogens is 2. The maximum absolute atomic E-state index is 11.9. The average molecular weight is 282 g/mol. The summed E-state index contributed by atoms with van der Waals surface area (Å²) in [5.74, 6) is 0.189. The van der Waals surface area contributed by atoms with E-state index in [0.717, 1.165) is 0 Å². The molecular formula is C12H9Cl2N3O. The minimum atomic E-state index is -0.343. The summed E-state index contributed by atoms with van der Waals surface area (Å²) in [4.78, 5) is 19.9. The van der Waals surface area contributed by atoms with Crippen molar-refractivity contribution in [2.24, 2.45) is 0 Å². The second kappa shape index (κ2) is 5.33. The van der Waals surface area contributed by atoms with Gasteiger partial charge in [-0.15, -0.1) is 0 Å². The van der Waals surface area contributed by atoms with E-state index in [1.165, 1.54) is 12.3 Å². The van der Waals surface area contributed by atoms with Crippen LogP contribution in [0.3, 0.4) is 0 Å². The SMILES string of the molecule is Cc1nccc(C(=O)Nc2ccc(Cl)cc2Cl)n1. The van der Waals surface area contributed by atoms with E-state index in [1.807, 2.05) is 0 Å². The topological polar surface area (TPSA) is 54.9 Å². The molecular weight excluding hydrogens is 273 g/mol. The monoisotopic (exact) mass is 281 g/mol. The van der Waals surface area contributed by atoms with Crippen LogP contribution in [0.15, 0.2) is 30.5 Å². The summed E-state index contributed by atoms with van der Waals surface area (Å²) in [5.41, 5.74) is 0.774. The Morgan fingerprint density at radius 2 is 2.06 bits per heavy atom. The van der Waals surface area contributed by atoms with Gasteiger partial charge in [-0.3, -0.25) is 4.79 Å². The number of hydrogen-bond acceptors (Lipinski definition) is 3. The number of nitrogens with zero attached hydrogens (tertiary/aromatic N) is 2. The number of anilines is 1. The average Bonchev–Trinajstić information content (AvgIpc) is 2.32.